The van der Waals surface area contributed by atoms with Crippen molar-refractivity contribution in [3.05, 3.63) is 12.4 Å². The third-order valence-electron chi connectivity index (χ3n) is 3.45. The van der Waals surface area contributed by atoms with Gasteiger partial charge in [0.05, 0.1) is 19.5 Å². The Kier molecular flexibility index (Phi) is 3.78. The molecule has 0 saturated carbocycles. The predicted octanol–water partition coefficient (Wildman–Crippen LogP) is 1.05. The van der Waals surface area contributed by atoms with Gasteiger partial charge >= 0.3 is 0 Å². The highest BCUT2D eigenvalue weighted by Gasteiger charge is 2.26. The topological polar surface area (TPSA) is 64.3 Å². The van der Waals surface area contributed by atoms with Gasteiger partial charge in [0.1, 0.15) is 0 Å². The van der Waals surface area contributed by atoms with Crippen molar-refractivity contribution in [2.24, 2.45) is 11.7 Å². The fraction of sp³-hybridized carbons (Fsp3) is 0.667. The smallest absolute Gasteiger partial charge is 0.225 e. The minimum atomic E-state index is 0.314. The van der Waals surface area contributed by atoms with Gasteiger partial charge in [-0.25, -0.2) is 9.97 Å². The van der Waals surface area contributed by atoms with E-state index in [0.717, 1.165) is 31.9 Å². The monoisotopic (exact) mass is 236 g/mol. The average Bonchev–Trinajstić information content (AvgIpc) is 2.39. The maximum Gasteiger partial charge on any atom is 0.225 e. The van der Waals surface area contributed by atoms with Crippen LogP contribution in [0.3, 0.4) is 0 Å². The zero-order chi connectivity index (χ0) is 12.3. The lowest BCUT2D eigenvalue weighted by atomic mass is 9.91. The molecule has 2 atom stereocenters. The van der Waals surface area contributed by atoms with Crippen LogP contribution in [0.1, 0.15) is 19.8 Å². The Balaban J connectivity index is 2.06. The number of anilines is 1. The summed E-state index contributed by atoms with van der Waals surface area (Å²) < 4.78 is 5.05. The number of hydrogen-bond donors (Lipinski definition) is 1. The SMILES string of the molecule is CCC1CN(c2ncc(OC)cn2)CCC1N. The Morgan fingerprint density at radius 2 is 2.18 bits per heavy atom. The zero-order valence-corrected chi connectivity index (χ0v) is 10.5. The molecule has 2 N–H and O–H groups in total. The van der Waals surface area contributed by atoms with Crippen LogP contribution in [0.4, 0.5) is 5.95 Å². The van der Waals surface area contributed by atoms with Gasteiger partial charge in [-0.3, -0.25) is 0 Å². The molecule has 0 radical (unpaired) electrons. The second-order valence-corrected chi connectivity index (χ2v) is 4.49. The van der Waals surface area contributed by atoms with Crippen molar-refractivity contribution in [1.29, 1.82) is 0 Å². The Labute approximate surface area is 102 Å². The van der Waals surface area contributed by atoms with Crippen molar-refractivity contribution in [2.75, 3.05) is 25.1 Å². The van der Waals surface area contributed by atoms with Crippen LogP contribution in [-0.4, -0.2) is 36.2 Å². The van der Waals surface area contributed by atoms with Crippen LogP contribution in [0.5, 0.6) is 5.75 Å². The van der Waals surface area contributed by atoms with E-state index >= 15 is 0 Å². The summed E-state index contributed by atoms with van der Waals surface area (Å²) in [5, 5.41) is 0. The number of aromatic nitrogens is 2. The van der Waals surface area contributed by atoms with Crippen molar-refractivity contribution in [2.45, 2.75) is 25.8 Å². The van der Waals surface area contributed by atoms with E-state index in [1.807, 2.05) is 0 Å². The first kappa shape index (κ1) is 12.1. The first-order chi connectivity index (χ1) is 8.24. The lowest BCUT2D eigenvalue weighted by Crippen LogP contribution is -2.47. The van der Waals surface area contributed by atoms with E-state index in [-0.39, 0.29) is 0 Å². The lowest BCUT2D eigenvalue weighted by molar-refractivity contribution is 0.345. The number of nitrogens with two attached hydrogens (primary N) is 1. The van der Waals surface area contributed by atoms with E-state index in [0.29, 0.717) is 17.7 Å². The molecule has 0 bridgehead atoms. The van der Waals surface area contributed by atoms with Crippen LogP contribution >= 0.6 is 0 Å². The molecule has 1 saturated heterocycles. The minimum Gasteiger partial charge on any atom is -0.494 e. The van der Waals surface area contributed by atoms with Crippen LogP contribution in [0, 0.1) is 5.92 Å². The van der Waals surface area contributed by atoms with Gasteiger partial charge in [-0.05, 0) is 12.3 Å². The number of piperidine rings is 1. The van der Waals surface area contributed by atoms with Gasteiger partial charge in [0, 0.05) is 19.1 Å². The van der Waals surface area contributed by atoms with Gasteiger partial charge in [0.25, 0.3) is 0 Å². The van der Waals surface area contributed by atoms with Crippen LogP contribution in [0.15, 0.2) is 12.4 Å². The highest BCUT2D eigenvalue weighted by molar-refractivity contribution is 5.32. The van der Waals surface area contributed by atoms with E-state index in [2.05, 4.69) is 21.8 Å². The maximum atomic E-state index is 6.09. The molecule has 1 aliphatic rings. The van der Waals surface area contributed by atoms with Gasteiger partial charge in [-0.2, -0.15) is 0 Å². The molecule has 1 aromatic rings. The molecule has 0 spiro atoms. The summed E-state index contributed by atoms with van der Waals surface area (Å²) in [5.74, 6) is 2.00. The molecular formula is C12H20N4O. The average molecular weight is 236 g/mol. The van der Waals surface area contributed by atoms with E-state index in [1.54, 1.807) is 19.5 Å². The Morgan fingerprint density at radius 3 is 2.76 bits per heavy atom. The van der Waals surface area contributed by atoms with Crippen LogP contribution in [0.25, 0.3) is 0 Å². The molecule has 0 aromatic carbocycles. The Morgan fingerprint density at radius 1 is 1.47 bits per heavy atom. The molecule has 2 rings (SSSR count). The lowest BCUT2D eigenvalue weighted by Gasteiger charge is -2.36. The summed E-state index contributed by atoms with van der Waals surface area (Å²) in [5.41, 5.74) is 6.09. The Bertz CT molecular complexity index is 354. The Hall–Kier alpha value is -1.36. The predicted molar refractivity (Wildman–Crippen MR) is 67.2 cm³/mol. The summed E-state index contributed by atoms with van der Waals surface area (Å²) in [6.45, 7) is 4.07. The molecule has 5 nitrogen and oxygen atoms in total. The first-order valence-corrected chi connectivity index (χ1v) is 6.11. The molecule has 5 heteroatoms. The van der Waals surface area contributed by atoms with Gasteiger partial charge in [0.15, 0.2) is 5.75 Å². The van der Waals surface area contributed by atoms with E-state index in [4.69, 9.17) is 10.5 Å². The summed E-state index contributed by atoms with van der Waals surface area (Å²) in [4.78, 5) is 10.8. The highest BCUT2D eigenvalue weighted by Crippen LogP contribution is 2.22. The molecule has 2 unspecified atom stereocenters. The number of ether oxygens (including phenoxy) is 1. The van der Waals surface area contributed by atoms with Gasteiger partial charge in [-0.1, -0.05) is 13.3 Å². The van der Waals surface area contributed by atoms with Crippen molar-refractivity contribution in [3.8, 4) is 5.75 Å². The third kappa shape index (κ3) is 2.66. The molecule has 94 valence electrons. The number of nitrogens with zero attached hydrogens (tertiary/aromatic N) is 3. The highest BCUT2D eigenvalue weighted by atomic mass is 16.5. The molecule has 17 heavy (non-hydrogen) atoms. The molecule has 0 aliphatic carbocycles. The molecule has 1 aromatic heterocycles. The molecule has 0 amide bonds. The second-order valence-electron chi connectivity index (χ2n) is 4.49. The first-order valence-electron chi connectivity index (χ1n) is 6.11. The van der Waals surface area contributed by atoms with Gasteiger partial charge in [0.2, 0.25) is 5.95 Å². The van der Waals surface area contributed by atoms with Crippen molar-refractivity contribution in [1.82, 2.24) is 9.97 Å². The normalized spacial score (nSPS) is 24.8. The quantitative estimate of drug-likeness (QED) is 0.849. The standard InChI is InChI=1S/C12H20N4O/c1-3-9-8-16(5-4-11(9)13)12-14-6-10(17-2)7-15-12/h6-7,9,11H,3-5,8,13H2,1-2H3. The van der Waals surface area contributed by atoms with Crippen LogP contribution in [0.2, 0.25) is 0 Å². The van der Waals surface area contributed by atoms with Crippen molar-refractivity contribution < 1.29 is 4.74 Å². The molecule has 2 heterocycles. The van der Waals surface area contributed by atoms with E-state index in [1.165, 1.54) is 0 Å². The van der Waals surface area contributed by atoms with Crippen LogP contribution in [-0.2, 0) is 0 Å². The van der Waals surface area contributed by atoms with Crippen molar-refractivity contribution in [3.63, 3.8) is 0 Å². The molecule has 1 fully saturated rings. The fourth-order valence-corrected chi connectivity index (χ4v) is 2.24. The summed E-state index contributed by atoms with van der Waals surface area (Å²) in [6, 6.07) is 0.314. The largest absolute Gasteiger partial charge is 0.494 e. The second kappa shape index (κ2) is 5.31. The van der Waals surface area contributed by atoms with Gasteiger partial charge in [-0.15, -0.1) is 0 Å². The van der Waals surface area contributed by atoms with E-state index < -0.39 is 0 Å². The zero-order valence-electron chi connectivity index (χ0n) is 10.5. The summed E-state index contributed by atoms with van der Waals surface area (Å²) >= 11 is 0. The summed E-state index contributed by atoms with van der Waals surface area (Å²) in [7, 11) is 1.62. The third-order valence-corrected chi connectivity index (χ3v) is 3.45. The number of rotatable bonds is 3. The fourth-order valence-electron chi connectivity index (χ4n) is 2.24. The van der Waals surface area contributed by atoms with Crippen molar-refractivity contribution >= 4 is 5.95 Å². The van der Waals surface area contributed by atoms with E-state index in [9.17, 15) is 0 Å². The van der Waals surface area contributed by atoms with Crippen LogP contribution < -0.4 is 15.4 Å². The van der Waals surface area contributed by atoms with Gasteiger partial charge < -0.3 is 15.4 Å². The maximum absolute atomic E-state index is 6.09. The summed E-state index contributed by atoms with van der Waals surface area (Å²) in [6.07, 6.45) is 5.53. The number of methoxy groups -OCH3 is 1. The number of hydrogen-bond acceptors (Lipinski definition) is 5. The minimum absolute atomic E-state index is 0.314. The molecular weight excluding hydrogens is 216 g/mol. The molecule has 1 aliphatic heterocycles.